The molecule has 1 saturated carbocycles. The molecule has 1 aliphatic carbocycles. The van der Waals surface area contributed by atoms with Gasteiger partial charge in [-0.3, -0.25) is 0 Å². The summed E-state index contributed by atoms with van der Waals surface area (Å²) in [5, 5.41) is 8.66. The molecule has 1 fully saturated rings. The summed E-state index contributed by atoms with van der Waals surface area (Å²) < 4.78 is 27.2. The molecule has 3 heteroatoms. The van der Waals surface area contributed by atoms with E-state index in [2.05, 4.69) is 12.2 Å². The van der Waals surface area contributed by atoms with Gasteiger partial charge < -0.3 is 0 Å². The number of nitriles is 1. The number of hydrogen-bond donors (Lipinski definition) is 0. The van der Waals surface area contributed by atoms with Crippen molar-refractivity contribution in [3.8, 4) is 6.07 Å². The molecule has 0 spiro atoms. The zero-order valence-corrected chi connectivity index (χ0v) is 11.0. The average molecular weight is 261 g/mol. The first-order chi connectivity index (χ1) is 9.15. The van der Waals surface area contributed by atoms with E-state index >= 15 is 0 Å². The standard InChI is InChI=1S/C16H17F2N/c1-2-3-11-4-6-12(7-5-11)13-8-15(17)14(10-19)16(18)9-13/h2-3,8-9,11-12H,4-7H2,1H3/b3-2+. The van der Waals surface area contributed by atoms with Crippen LogP contribution in [-0.2, 0) is 0 Å². The van der Waals surface area contributed by atoms with Gasteiger partial charge in [0.1, 0.15) is 23.3 Å². The minimum absolute atomic E-state index is 0.207. The molecule has 0 radical (unpaired) electrons. The summed E-state index contributed by atoms with van der Waals surface area (Å²) in [5.41, 5.74) is 0.208. The molecule has 0 aliphatic heterocycles. The molecule has 2 rings (SSSR count). The molecular formula is C16H17F2N. The summed E-state index contributed by atoms with van der Waals surface area (Å²) in [5.74, 6) is -0.686. The van der Waals surface area contributed by atoms with Crippen LogP contribution in [0.3, 0.4) is 0 Å². The fourth-order valence-corrected chi connectivity index (χ4v) is 2.85. The van der Waals surface area contributed by atoms with Crippen LogP contribution in [0.15, 0.2) is 24.3 Å². The maximum Gasteiger partial charge on any atom is 0.144 e. The molecule has 0 heterocycles. The molecule has 0 atom stereocenters. The molecule has 1 aromatic rings. The minimum atomic E-state index is -0.743. The van der Waals surface area contributed by atoms with Gasteiger partial charge in [0.2, 0.25) is 0 Å². The van der Waals surface area contributed by atoms with Crippen molar-refractivity contribution in [2.75, 3.05) is 0 Å². The lowest BCUT2D eigenvalue weighted by molar-refractivity contribution is 0.374. The fourth-order valence-electron chi connectivity index (χ4n) is 2.85. The van der Waals surface area contributed by atoms with Crippen molar-refractivity contribution in [1.29, 1.82) is 5.26 Å². The number of allylic oxidation sites excluding steroid dienone is 2. The Morgan fingerprint density at radius 3 is 2.21 bits per heavy atom. The van der Waals surface area contributed by atoms with E-state index in [9.17, 15) is 8.78 Å². The molecule has 1 nitrogen and oxygen atoms in total. The Bertz CT molecular complexity index is 497. The van der Waals surface area contributed by atoms with Gasteiger partial charge in [-0.15, -0.1) is 0 Å². The van der Waals surface area contributed by atoms with E-state index in [4.69, 9.17) is 5.26 Å². The van der Waals surface area contributed by atoms with Crippen LogP contribution in [-0.4, -0.2) is 0 Å². The summed E-state index contributed by atoms with van der Waals surface area (Å²) >= 11 is 0. The highest BCUT2D eigenvalue weighted by Crippen LogP contribution is 2.37. The highest BCUT2D eigenvalue weighted by Gasteiger charge is 2.23. The third-order valence-electron chi connectivity index (χ3n) is 3.88. The number of benzene rings is 1. The van der Waals surface area contributed by atoms with E-state index in [1.54, 1.807) is 6.07 Å². The van der Waals surface area contributed by atoms with Crippen molar-refractivity contribution < 1.29 is 8.78 Å². The van der Waals surface area contributed by atoms with Gasteiger partial charge in [0, 0.05) is 0 Å². The lowest BCUT2D eigenvalue weighted by Gasteiger charge is -2.27. The number of nitrogens with zero attached hydrogens (tertiary/aromatic N) is 1. The van der Waals surface area contributed by atoms with Crippen molar-refractivity contribution in [2.24, 2.45) is 5.92 Å². The van der Waals surface area contributed by atoms with E-state index in [1.807, 2.05) is 6.92 Å². The van der Waals surface area contributed by atoms with E-state index in [0.29, 0.717) is 11.5 Å². The van der Waals surface area contributed by atoms with Crippen molar-refractivity contribution in [1.82, 2.24) is 0 Å². The smallest absolute Gasteiger partial charge is 0.144 e. The monoisotopic (exact) mass is 261 g/mol. The Balaban J connectivity index is 2.14. The first kappa shape index (κ1) is 13.7. The predicted molar refractivity (Wildman–Crippen MR) is 70.6 cm³/mol. The Hall–Kier alpha value is -1.69. The van der Waals surface area contributed by atoms with E-state index in [1.165, 1.54) is 12.1 Å². The van der Waals surface area contributed by atoms with Crippen LogP contribution in [0.2, 0.25) is 0 Å². The largest absolute Gasteiger partial charge is 0.205 e. The highest BCUT2D eigenvalue weighted by atomic mass is 19.1. The van der Waals surface area contributed by atoms with Crippen molar-refractivity contribution in [3.05, 3.63) is 47.0 Å². The normalized spacial score (nSPS) is 23.5. The van der Waals surface area contributed by atoms with Gasteiger partial charge >= 0.3 is 0 Å². The molecule has 0 bridgehead atoms. The lowest BCUT2D eigenvalue weighted by Crippen LogP contribution is -2.12. The second kappa shape index (κ2) is 5.97. The second-order valence-corrected chi connectivity index (χ2v) is 5.11. The third-order valence-corrected chi connectivity index (χ3v) is 3.88. The van der Waals surface area contributed by atoms with E-state index < -0.39 is 17.2 Å². The zero-order chi connectivity index (χ0) is 13.8. The van der Waals surface area contributed by atoms with Crippen LogP contribution in [0.1, 0.15) is 49.7 Å². The first-order valence-corrected chi connectivity index (χ1v) is 6.67. The lowest BCUT2D eigenvalue weighted by atomic mass is 9.78. The van der Waals surface area contributed by atoms with Crippen molar-refractivity contribution >= 4 is 0 Å². The SMILES string of the molecule is C/C=C/C1CCC(c2cc(F)c(C#N)c(F)c2)CC1. The Labute approximate surface area is 112 Å². The zero-order valence-electron chi connectivity index (χ0n) is 11.0. The number of hydrogen-bond acceptors (Lipinski definition) is 1. The summed E-state index contributed by atoms with van der Waals surface area (Å²) in [6.45, 7) is 2.01. The summed E-state index contributed by atoms with van der Waals surface area (Å²) in [4.78, 5) is 0. The molecule has 0 amide bonds. The summed E-state index contributed by atoms with van der Waals surface area (Å²) in [7, 11) is 0. The Morgan fingerprint density at radius 2 is 1.74 bits per heavy atom. The molecule has 19 heavy (non-hydrogen) atoms. The van der Waals surface area contributed by atoms with Crippen LogP contribution in [0.5, 0.6) is 0 Å². The quantitative estimate of drug-likeness (QED) is 0.709. The van der Waals surface area contributed by atoms with Gasteiger partial charge in [0.15, 0.2) is 0 Å². The second-order valence-electron chi connectivity index (χ2n) is 5.11. The van der Waals surface area contributed by atoms with Crippen LogP contribution >= 0.6 is 0 Å². The van der Waals surface area contributed by atoms with E-state index in [-0.39, 0.29) is 5.92 Å². The summed E-state index contributed by atoms with van der Waals surface area (Å²) in [6.07, 6.45) is 8.26. The molecule has 100 valence electrons. The molecule has 1 aliphatic rings. The molecule has 0 aromatic heterocycles. The molecule has 0 N–H and O–H groups in total. The van der Waals surface area contributed by atoms with Crippen LogP contribution in [0, 0.1) is 28.9 Å². The molecule has 1 aromatic carbocycles. The maximum atomic E-state index is 13.6. The van der Waals surface area contributed by atoms with Crippen LogP contribution in [0.4, 0.5) is 8.78 Å². The molecular weight excluding hydrogens is 244 g/mol. The average Bonchev–Trinajstić information content (AvgIpc) is 2.39. The topological polar surface area (TPSA) is 23.8 Å². The summed E-state index contributed by atoms with van der Waals surface area (Å²) in [6, 6.07) is 4.20. The Morgan fingerprint density at radius 1 is 1.16 bits per heavy atom. The fraction of sp³-hybridized carbons (Fsp3) is 0.438. The third kappa shape index (κ3) is 3.01. The van der Waals surface area contributed by atoms with Gasteiger partial charge in [0.25, 0.3) is 0 Å². The van der Waals surface area contributed by atoms with Gasteiger partial charge in [0.05, 0.1) is 0 Å². The maximum absolute atomic E-state index is 13.6. The van der Waals surface area contributed by atoms with Gasteiger partial charge in [-0.1, -0.05) is 12.2 Å². The van der Waals surface area contributed by atoms with E-state index in [0.717, 1.165) is 25.7 Å². The van der Waals surface area contributed by atoms with Crippen LogP contribution in [0.25, 0.3) is 0 Å². The van der Waals surface area contributed by atoms with Gasteiger partial charge in [-0.25, -0.2) is 8.78 Å². The molecule has 0 unspecified atom stereocenters. The van der Waals surface area contributed by atoms with Gasteiger partial charge in [-0.2, -0.15) is 5.26 Å². The predicted octanol–water partition coefficient (Wildman–Crippen LogP) is 4.69. The number of halogens is 2. The van der Waals surface area contributed by atoms with Crippen molar-refractivity contribution in [2.45, 2.75) is 38.5 Å². The van der Waals surface area contributed by atoms with Crippen molar-refractivity contribution in [3.63, 3.8) is 0 Å². The first-order valence-electron chi connectivity index (χ1n) is 6.67. The Kier molecular flexibility index (Phi) is 4.31. The highest BCUT2D eigenvalue weighted by molar-refractivity contribution is 5.36. The number of rotatable bonds is 2. The minimum Gasteiger partial charge on any atom is -0.205 e. The van der Waals surface area contributed by atoms with Gasteiger partial charge in [-0.05, 0) is 62.1 Å². The molecule has 0 saturated heterocycles. The van der Waals surface area contributed by atoms with Crippen LogP contribution < -0.4 is 0 Å².